The average molecular weight is 448 g/mol. The summed E-state index contributed by atoms with van der Waals surface area (Å²) in [5.41, 5.74) is 1.21. The van der Waals surface area contributed by atoms with Crippen molar-refractivity contribution in [2.45, 2.75) is 0 Å². The van der Waals surface area contributed by atoms with Crippen molar-refractivity contribution in [1.29, 1.82) is 0 Å². The number of hydrogen-bond donors (Lipinski definition) is 0. The van der Waals surface area contributed by atoms with Gasteiger partial charge in [-0.05, 0) is 48.5 Å². The molecule has 0 spiro atoms. The van der Waals surface area contributed by atoms with Gasteiger partial charge in [0.05, 0.1) is 13.3 Å². The fourth-order valence-corrected chi connectivity index (χ4v) is 3.45. The summed E-state index contributed by atoms with van der Waals surface area (Å²) in [4.78, 5) is 37.2. The molecule has 1 aromatic carbocycles. The molecule has 0 N–H and O–H groups in total. The number of nitrogens with zero attached hydrogens (tertiary/aromatic N) is 4. The van der Waals surface area contributed by atoms with Gasteiger partial charge in [0.1, 0.15) is 17.1 Å². The van der Waals surface area contributed by atoms with Crippen LogP contribution in [0.25, 0.3) is 0 Å². The molecule has 0 aliphatic carbocycles. The first-order chi connectivity index (χ1) is 16.1. The van der Waals surface area contributed by atoms with Gasteiger partial charge in [-0.2, -0.15) is 0 Å². The Balaban J connectivity index is 1.29. The molecule has 1 amide bonds. The molecule has 1 fully saturated rings. The maximum atomic E-state index is 12.6. The van der Waals surface area contributed by atoms with Crippen LogP contribution in [0.4, 0.5) is 5.69 Å². The Labute approximate surface area is 191 Å². The van der Waals surface area contributed by atoms with Crippen LogP contribution in [-0.4, -0.2) is 66.6 Å². The zero-order valence-electron chi connectivity index (χ0n) is 18.2. The lowest BCUT2D eigenvalue weighted by atomic mass is 10.2. The number of amides is 1. The van der Waals surface area contributed by atoms with Crippen LogP contribution in [0.2, 0.25) is 0 Å². The van der Waals surface area contributed by atoms with Crippen LogP contribution in [0.3, 0.4) is 0 Å². The molecule has 0 bridgehead atoms. The molecule has 1 aliphatic rings. The van der Waals surface area contributed by atoms with Gasteiger partial charge in [-0.15, -0.1) is 0 Å². The molecular formula is C24H24N4O5. The van der Waals surface area contributed by atoms with E-state index in [0.717, 1.165) is 11.4 Å². The van der Waals surface area contributed by atoms with Gasteiger partial charge in [-0.3, -0.25) is 9.78 Å². The summed E-state index contributed by atoms with van der Waals surface area (Å²) >= 11 is 0. The first kappa shape index (κ1) is 22.1. The minimum atomic E-state index is -0.674. The van der Waals surface area contributed by atoms with Crippen molar-refractivity contribution >= 4 is 17.6 Å². The molecule has 9 nitrogen and oxygen atoms in total. The van der Waals surface area contributed by atoms with Gasteiger partial charge < -0.3 is 24.0 Å². The van der Waals surface area contributed by atoms with Gasteiger partial charge in [-0.1, -0.05) is 0 Å². The highest BCUT2D eigenvalue weighted by Gasteiger charge is 2.23. The zero-order valence-corrected chi connectivity index (χ0v) is 18.2. The highest BCUT2D eigenvalue weighted by atomic mass is 16.5. The maximum absolute atomic E-state index is 12.6. The smallest absolute Gasteiger partial charge is 0.344 e. The van der Waals surface area contributed by atoms with Crippen molar-refractivity contribution < 1.29 is 23.8 Å². The Kier molecular flexibility index (Phi) is 6.99. The number of aromatic nitrogens is 2. The first-order valence-electron chi connectivity index (χ1n) is 10.5. The summed E-state index contributed by atoms with van der Waals surface area (Å²) in [5, 5.41) is 0. The molecule has 33 heavy (non-hydrogen) atoms. The summed E-state index contributed by atoms with van der Waals surface area (Å²) in [6, 6.07) is 14.4. The van der Waals surface area contributed by atoms with Crippen LogP contribution in [0.1, 0.15) is 10.4 Å². The number of rotatable bonds is 7. The highest BCUT2D eigenvalue weighted by Crippen LogP contribution is 2.23. The Bertz CT molecular complexity index is 1080. The number of carbonyl (C=O) groups excluding carboxylic acids is 2. The Morgan fingerprint density at radius 1 is 0.939 bits per heavy atom. The van der Waals surface area contributed by atoms with E-state index in [1.807, 2.05) is 24.3 Å². The number of hydrogen-bond acceptors (Lipinski definition) is 8. The topological polar surface area (TPSA) is 94.1 Å². The summed E-state index contributed by atoms with van der Waals surface area (Å²) in [7, 11) is 1.63. The van der Waals surface area contributed by atoms with E-state index < -0.39 is 5.97 Å². The second kappa shape index (κ2) is 10.4. The fraction of sp³-hybridized carbons (Fsp3) is 0.250. The number of methoxy groups -OCH3 is 1. The molecule has 9 heteroatoms. The first-order valence-corrected chi connectivity index (χ1v) is 10.5. The lowest BCUT2D eigenvalue weighted by Crippen LogP contribution is -2.49. The largest absolute Gasteiger partial charge is 0.497 e. The number of carbonyl (C=O) groups is 2. The molecular weight excluding hydrogens is 424 g/mol. The number of anilines is 1. The summed E-state index contributed by atoms with van der Waals surface area (Å²) in [6.07, 6.45) is 4.64. The molecule has 0 atom stereocenters. The SMILES string of the molecule is COc1ccc(N2CCN(C(=O)COC(=O)c3cccnc3Oc3cccnc3)CC2)cc1. The van der Waals surface area contributed by atoms with E-state index in [2.05, 4.69) is 14.9 Å². The van der Waals surface area contributed by atoms with E-state index >= 15 is 0 Å². The monoisotopic (exact) mass is 448 g/mol. The van der Waals surface area contributed by atoms with Crippen LogP contribution in [0, 0.1) is 0 Å². The van der Waals surface area contributed by atoms with E-state index in [1.165, 1.54) is 12.4 Å². The van der Waals surface area contributed by atoms with Crippen LogP contribution in [0.15, 0.2) is 67.1 Å². The van der Waals surface area contributed by atoms with Crippen molar-refractivity contribution in [3.63, 3.8) is 0 Å². The van der Waals surface area contributed by atoms with Crippen molar-refractivity contribution in [3.8, 4) is 17.4 Å². The highest BCUT2D eigenvalue weighted by molar-refractivity contribution is 5.93. The molecule has 170 valence electrons. The van der Waals surface area contributed by atoms with Crippen molar-refractivity contribution in [1.82, 2.24) is 14.9 Å². The molecule has 4 rings (SSSR count). The normalized spacial score (nSPS) is 13.4. The minimum absolute atomic E-state index is 0.0936. The second-order valence-electron chi connectivity index (χ2n) is 7.29. The summed E-state index contributed by atoms with van der Waals surface area (Å²) in [5.74, 6) is 0.424. The number of benzene rings is 1. The lowest BCUT2D eigenvalue weighted by molar-refractivity contribution is -0.134. The molecule has 2 aromatic heterocycles. The van der Waals surface area contributed by atoms with Gasteiger partial charge in [-0.25, -0.2) is 9.78 Å². The summed E-state index contributed by atoms with van der Waals surface area (Å²) in [6.45, 7) is 2.13. The molecule has 0 radical (unpaired) electrons. The minimum Gasteiger partial charge on any atom is -0.497 e. The molecule has 3 aromatic rings. The molecule has 1 saturated heterocycles. The molecule has 0 saturated carbocycles. The van der Waals surface area contributed by atoms with E-state index in [0.29, 0.717) is 31.9 Å². The van der Waals surface area contributed by atoms with Crippen LogP contribution < -0.4 is 14.4 Å². The zero-order chi connectivity index (χ0) is 23.0. The van der Waals surface area contributed by atoms with E-state index in [-0.39, 0.29) is 24.0 Å². The van der Waals surface area contributed by atoms with Gasteiger partial charge in [0.15, 0.2) is 6.61 Å². The third-order valence-electron chi connectivity index (χ3n) is 5.24. The van der Waals surface area contributed by atoms with E-state index in [9.17, 15) is 9.59 Å². The number of esters is 1. The van der Waals surface area contributed by atoms with Crippen LogP contribution >= 0.6 is 0 Å². The molecule has 0 unspecified atom stereocenters. The average Bonchev–Trinajstić information content (AvgIpc) is 2.88. The molecule has 3 heterocycles. The quantitative estimate of drug-likeness (QED) is 0.510. The predicted octanol–water partition coefficient (Wildman–Crippen LogP) is 2.78. The number of pyridine rings is 2. The fourth-order valence-electron chi connectivity index (χ4n) is 3.45. The van der Waals surface area contributed by atoms with Crippen molar-refractivity contribution in [2.75, 3.05) is 44.8 Å². The van der Waals surface area contributed by atoms with Gasteiger partial charge in [0.2, 0.25) is 5.88 Å². The maximum Gasteiger partial charge on any atom is 0.344 e. The Morgan fingerprint density at radius 2 is 1.70 bits per heavy atom. The van der Waals surface area contributed by atoms with E-state index in [4.69, 9.17) is 14.2 Å². The third kappa shape index (κ3) is 5.57. The van der Waals surface area contributed by atoms with Crippen molar-refractivity contribution in [2.24, 2.45) is 0 Å². The standard InChI is InChI=1S/C24H24N4O5/c1-31-19-8-6-18(7-9-19)27-12-14-28(15-13-27)22(29)17-32-24(30)21-5-3-11-26-23(21)33-20-4-2-10-25-16-20/h2-11,16H,12-15,17H2,1H3. The van der Waals surface area contributed by atoms with Gasteiger partial charge in [0, 0.05) is 44.3 Å². The molecule has 1 aliphatic heterocycles. The number of ether oxygens (including phenoxy) is 3. The van der Waals surface area contributed by atoms with Gasteiger partial charge in [0.25, 0.3) is 5.91 Å². The summed E-state index contributed by atoms with van der Waals surface area (Å²) < 4.78 is 16.1. The predicted molar refractivity (Wildman–Crippen MR) is 121 cm³/mol. The van der Waals surface area contributed by atoms with E-state index in [1.54, 1.807) is 42.5 Å². The Morgan fingerprint density at radius 3 is 2.39 bits per heavy atom. The second-order valence-corrected chi connectivity index (χ2v) is 7.29. The number of piperazine rings is 1. The van der Waals surface area contributed by atoms with Gasteiger partial charge >= 0.3 is 5.97 Å². The third-order valence-corrected chi connectivity index (χ3v) is 5.24. The van der Waals surface area contributed by atoms with Crippen LogP contribution in [0.5, 0.6) is 17.4 Å². The lowest BCUT2D eigenvalue weighted by Gasteiger charge is -2.36. The Hall–Kier alpha value is -4.14. The van der Waals surface area contributed by atoms with Crippen LogP contribution in [-0.2, 0) is 9.53 Å². The van der Waals surface area contributed by atoms with Crippen molar-refractivity contribution in [3.05, 3.63) is 72.7 Å².